The minimum absolute atomic E-state index is 0.0519. The van der Waals surface area contributed by atoms with Crippen LogP contribution >= 0.6 is 0 Å². The first kappa shape index (κ1) is 18.9. The number of hydrogen-bond acceptors (Lipinski definition) is 4. The number of fused-ring (bicyclic) bond motifs is 2. The van der Waals surface area contributed by atoms with Crippen LogP contribution in [0.1, 0.15) is 36.8 Å². The number of benzene rings is 2. The number of nitrogens with one attached hydrogen (secondary N) is 1. The number of hydrogen-bond donors (Lipinski definition) is 1. The molecule has 0 bridgehead atoms. The van der Waals surface area contributed by atoms with Crippen molar-refractivity contribution in [2.75, 3.05) is 23.3 Å². The molecule has 1 amide bonds. The molecule has 1 N–H and O–H groups in total. The lowest BCUT2D eigenvalue weighted by molar-refractivity contribution is -0.116. The van der Waals surface area contributed by atoms with Gasteiger partial charge in [0.2, 0.25) is 5.91 Å². The normalized spacial score (nSPS) is 15.9. The molecule has 30 heavy (non-hydrogen) atoms. The highest BCUT2D eigenvalue weighted by atomic mass is 16.2. The summed E-state index contributed by atoms with van der Waals surface area (Å²) in [7, 11) is 0. The van der Waals surface area contributed by atoms with Crippen LogP contribution in [0.15, 0.2) is 47.3 Å². The number of aromatic nitrogens is 2. The van der Waals surface area contributed by atoms with E-state index in [0.717, 1.165) is 61.2 Å². The van der Waals surface area contributed by atoms with Gasteiger partial charge in [-0.05, 0) is 73.9 Å². The number of anilines is 2. The number of para-hydroxylation sites is 1. The van der Waals surface area contributed by atoms with E-state index >= 15 is 0 Å². The van der Waals surface area contributed by atoms with Crippen LogP contribution in [0.3, 0.4) is 0 Å². The lowest BCUT2D eigenvalue weighted by Crippen LogP contribution is -2.35. The molecule has 2 heterocycles. The van der Waals surface area contributed by atoms with Crippen LogP contribution < -0.4 is 15.9 Å². The fourth-order valence-corrected chi connectivity index (χ4v) is 4.71. The second-order valence-electron chi connectivity index (χ2n) is 8.25. The molecule has 1 aliphatic carbocycles. The smallest absolute Gasteiger partial charge is 0.350 e. The van der Waals surface area contributed by atoms with Crippen molar-refractivity contribution in [3.63, 3.8) is 0 Å². The average Bonchev–Trinajstić information content (AvgIpc) is 3.24. The van der Waals surface area contributed by atoms with Crippen molar-refractivity contribution in [2.24, 2.45) is 0 Å². The average molecular weight is 402 g/mol. The molecule has 2 aromatic carbocycles. The monoisotopic (exact) mass is 402 g/mol. The molecule has 0 radical (unpaired) electrons. The third-order valence-corrected chi connectivity index (χ3v) is 6.21. The van der Waals surface area contributed by atoms with Gasteiger partial charge in [0.25, 0.3) is 0 Å². The van der Waals surface area contributed by atoms with Crippen LogP contribution in [-0.2, 0) is 24.2 Å². The molecule has 0 spiro atoms. The fourth-order valence-electron chi connectivity index (χ4n) is 4.71. The van der Waals surface area contributed by atoms with Crippen LogP contribution in [0.25, 0.3) is 10.9 Å². The summed E-state index contributed by atoms with van der Waals surface area (Å²) in [4.78, 5) is 32.2. The molecule has 3 aromatic rings. The summed E-state index contributed by atoms with van der Waals surface area (Å²) in [5.74, 6) is 0.526. The molecule has 1 aromatic heterocycles. The minimum atomic E-state index is -0.377. The number of nitrogens with zero attached hydrogens (tertiary/aromatic N) is 3. The van der Waals surface area contributed by atoms with E-state index < -0.39 is 0 Å². The summed E-state index contributed by atoms with van der Waals surface area (Å²) < 4.78 is 1.48. The Hall–Kier alpha value is -3.15. The van der Waals surface area contributed by atoms with Gasteiger partial charge >= 0.3 is 5.69 Å². The molecule has 1 saturated heterocycles. The molecule has 5 rings (SSSR count). The van der Waals surface area contributed by atoms with Crippen LogP contribution in [0.5, 0.6) is 0 Å². The molecule has 2 aliphatic rings. The maximum Gasteiger partial charge on any atom is 0.350 e. The number of aryl methyl sites for hydroxylation is 2. The Morgan fingerprint density at radius 3 is 2.63 bits per heavy atom. The van der Waals surface area contributed by atoms with Crippen molar-refractivity contribution < 1.29 is 4.79 Å². The third kappa shape index (κ3) is 3.58. The van der Waals surface area contributed by atoms with E-state index in [1.807, 2.05) is 30.3 Å². The number of carbonyl (C=O) groups excluding carboxylic acids is 1. The summed E-state index contributed by atoms with van der Waals surface area (Å²) in [6, 6.07) is 13.8. The molecule has 6 heteroatoms. The van der Waals surface area contributed by atoms with Gasteiger partial charge < -0.3 is 10.2 Å². The van der Waals surface area contributed by atoms with Crippen molar-refractivity contribution in [3.05, 3.63) is 64.1 Å². The Kier molecular flexibility index (Phi) is 4.99. The van der Waals surface area contributed by atoms with Gasteiger partial charge in [-0.25, -0.2) is 4.79 Å². The molecular formula is C24H26N4O2. The molecule has 1 aliphatic heterocycles. The SMILES string of the molecule is O=C(Cn1c(=O)nc(N2CCCCC2)c2ccccc21)Nc1ccc2c(c1)CCC2. The highest BCUT2D eigenvalue weighted by Crippen LogP contribution is 2.26. The first-order valence-corrected chi connectivity index (χ1v) is 10.9. The third-order valence-electron chi connectivity index (χ3n) is 6.21. The Morgan fingerprint density at radius 2 is 1.77 bits per heavy atom. The van der Waals surface area contributed by atoms with E-state index in [1.54, 1.807) is 0 Å². The fraction of sp³-hybridized carbons (Fsp3) is 0.375. The molecule has 6 nitrogen and oxygen atoms in total. The first-order valence-electron chi connectivity index (χ1n) is 10.9. The lowest BCUT2D eigenvalue weighted by atomic mass is 10.1. The summed E-state index contributed by atoms with van der Waals surface area (Å²) in [5.41, 5.74) is 3.84. The second kappa shape index (κ2) is 7.94. The van der Waals surface area contributed by atoms with Crippen molar-refractivity contribution in [1.29, 1.82) is 0 Å². The standard InChI is InChI=1S/C24H26N4O2/c29-22(25-19-12-11-17-7-6-8-18(17)15-19)16-28-21-10-3-2-9-20(21)23(26-24(28)30)27-13-4-1-5-14-27/h2-3,9-12,15H,1,4-8,13-14,16H2,(H,25,29). The number of piperidine rings is 1. The first-order chi connectivity index (χ1) is 14.7. The van der Waals surface area contributed by atoms with Crippen LogP contribution in [0, 0.1) is 0 Å². The molecule has 0 saturated carbocycles. The topological polar surface area (TPSA) is 67.2 Å². The Bertz CT molecular complexity index is 1160. The maximum atomic E-state index is 12.9. The Morgan fingerprint density at radius 1 is 0.967 bits per heavy atom. The molecule has 154 valence electrons. The predicted octanol–water partition coefficient (Wildman–Crippen LogP) is 3.51. The van der Waals surface area contributed by atoms with E-state index in [2.05, 4.69) is 27.3 Å². The lowest BCUT2D eigenvalue weighted by Gasteiger charge is -2.28. The summed E-state index contributed by atoms with van der Waals surface area (Å²) in [5, 5.41) is 3.87. The highest BCUT2D eigenvalue weighted by Gasteiger charge is 2.19. The van der Waals surface area contributed by atoms with Gasteiger partial charge in [0.1, 0.15) is 12.4 Å². The van der Waals surface area contributed by atoms with Crippen molar-refractivity contribution >= 4 is 28.3 Å². The minimum Gasteiger partial charge on any atom is -0.356 e. The summed E-state index contributed by atoms with van der Waals surface area (Å²) in [6.45, 7) is 1.78. The number of rotatable bonds is 4. The van der Waals surface area contributed by atoms with Crippen molar-refractivity contribution in [3.8, 4) is 0 Å². The van der Waals surface area contributed by atoms with E-state index in [1.165, 1.54) is 28.5 Å². The van der Waals surface area contributed by atoms with Gasteiger partial charge in [0.05, 0.1) is 5.52 Å². The highest BCUT2D eigenvalue weighted by molar-refractivity contribution is 5.94. The zero-order valence-corrected chi connectivity index (χ0v) is 17.1. The summed E-state index contributed by atoms with van der Waals surface area (Å²) >= 11 is 0. The van der Waals surface area contributed by atoms with E-state index in [0.29, 0.717) is 0 Å². The zero-order valence-electron chi connectivity index (χ0n) is 17.1. The van der Waals surface area contributed by atoms with Gasteiger partial charge in [-0.2, -0.15) is 4.98 Å². The maximum absolute atomic E-state index is 12.9. The second-order valence-corrected chi connectivity index (χ2v) is 8.25. The molecule has 0 unspecified atom stereocenters. The van der Waals surface area contributed by atoms with E-state index in [-0.39, 0.29) is 18.1 Å². The number of amides is 1. The van der Waals surface area contributed by atoms with Crippen LogP contribution in [-0.4, -0.2) is 28.5 Å². The van der Waals surface area contributed by atoms with Gasteiger partial charge in [-0.15, -0.1) is 0 Å². The largest absolute Gasteiger partial charge is 0.356 e. The van der Waals surface area contributed by atoms with E-state index in [4.69, 9.17) is 0 Å². The number of carbonyl (C=O) groups is 1. The zero-order chi connectivity index (χ0) is 20.5. The molecule has 0 atom stereocenters. The summed E-state index contributed by atoms with van der Waals surface area (Å²) in [6.07, 6.45) is 6.78. The van der Waals surface area contributed by atoms with Crippen molar-refractivity contribution in [2.45, 2.75) is 45.1 Å². The van der Waals surface area contributed by atoms with Gasteiger partial charge in [-0.1, -0.05) is 18.2 Å². The molecule has 1 fully saturated rings. The Balaban J connectivity index is 1.43. The van der Waals surface area contributed by atoms with Gasteiger partial charge in [0, 0.05) is 24.2 Å². The predicted molar refractivity (Wildman–Crippen MR) is 119 cm³/mol. The molecular weight excluding hydrogens is 376 g/mol. The quantitative estimate of drug-likeness (QED) is 0.725. The van der Waals surface area contributed by atoms with Gasteiger partial charge in [-0.3, -0.25) is 9.36 Å². The van der Waals surface area contributed by atoms with Crippen LogP contribution in [0.2, 0.25) is 0 Å². The van der Waals surface area contributed by atoms with Crippen molar-refractivity contribution in [1.82, 2.24) is 9.55 Å². The van der Waals surface area contributed by atoms with Crippen LogP contribution in [0.4, 0.5) is 11.5 Å². The Labute approximate surface area is 175 Å². The van der Waals surface area contributed by atoms with Gasteiger partial charge in [0.15, 0.2) is 0 Å². The van der Waals surface area contributed by atoms with E-state index in [9.17, 15) is 9.59 Å².